The van der Waals surface area contributed by atoms with Crippen molar-refractivity contribution in [1.29, 1.82) is 0 Å². The number of nitrogens with zero attached hydrogens (tertiary/aromatic N) is 1. The standard InChI is InChI=1S/C17H28N2/c1-4-17(3,13-18-5-2)14-19-11-10-15-8-6-7-9-16(15)12-19/h6-9,18H,4-5,10-14H2,1-3H3. The van der Waals surface area contributed by atoms with E-state index in [1.807, 2.05) is 0 Å². The zero-order valence-electron chi connectivity index (χ0n) is 12.7. The lowest BCUT2D eigenvalue weighted by molar-refractivity contribution is 0.144. The second-order valence-electron chi connectivity index (χ2n) is 6.17. The van der Waals surface area contributed by atoms with Crippen molar-refractivity contribution in [3.8, 4) is 0 Å². The molecule has 2 rings (SSSR count). The van der Waals surface area contributed by atoms with Gasteiger partial charge in [0, 0.05) is 26.2 Å². The predicted molar refractivity (Wildman–Crippen MR) is 82.4 cm³/mol. The van der Waals surface area contributed by atoms with Crippen molar-refractivity contribution in [2.45, 2.75) is 40.2 Å². The van der Waals surface area contributed by atoms with Crippen LogP contribution in [0.4, 0.5) is 0 Å². The molecule has 0 bridgehead atoms. The molecule has 106 valence electrons. The van der Waals surface area contributed by atoms with E-state index in [4.69, 9.17) is 0 Å². The maximum Gasteiger partial charge on any atom is 0.0236 e. The highest BCUT2D eigenvalue weighted by Gasteiger charge is 2.26. The monoisotopic (exact) mass is 260 g/mol. The van der Waals surface area contributed by atoms with Crippen molar-refractivity contribution < 1.29 is 0 Å². The quantitative estimate of drug-likeness (QED) is 0.845. The fourth-order valence-electron chi connectivity index (χ4n) is 2.95. The molecular weight excluding hydrogens is 232 g/mol. The SMILES string of the molecule is CCNCC(C)(CC)CN1CCc2ccccc2C1. The third-order valence-electron chi connectivity index (χ3n) is 4.47. The Morgan fingerprint density at radius 2 is 1.95 bits per heavy atom. The smallest absolute Gasteiger partial charge is 0.0236 e. The molecule has 0 fully saturated rings. The van der Waals surface area contributed by atoms with Gasteiger partial charge in [0.25, 0.3) is 0 Å². The minimum absolute atomic E-state index is 0.391. The topological polar surface area (TPSA) is 15.3 Å². The number of benzene rings is 1. The van der Waals surface area contributed by atoms with Crippen molar-refractivity contribution >= 4 is 0 Å². The summed E-state index contributed by atoms with van der Waals surface area (Å²) in [5, 5.41) is 3.52. The van der Waals surface area contributed by atoms with Gasteiger partial charge in [-0.3, -0.25) is 4.90 Å². The van der Waals surface area contributed by atoms with E-state index < -0.39 is 0 Å². The average Bonchev–Trinajstić information content (AvgIpc) is 2.45. The molecule has 0 saturated heterocycles. The van der Waals surface area contributed by atoms with Crippen LogP contribution in [0, 0.1) is 5.41 Å². The molecule has 1 aromatic rings. The molecule has 1 N–H and O–H groups in total. The van der Waals surface area contributed by atoms with Gasteiger partial charge in [0.15, 0.2) is 0 Å². The Labute approximate surface area is 118 Å². The number of hydrogen-bond acceptors (Lipinski definition) is 2. The molecule has 2 heteroatoms. The van der Waals surface area contributed by atoms with Crippen LogP contribution in [-0.2, 0) is 13.0 Å². The summed E-state index contributed by atoms with van der Waals surface area (Å²) in [6, 6.07) is 8.90. The van der Waals surface area contributed by atoms with E-state index in [0.717, 1.165) is 19.6 Å². The fraction of sp³-hybridized carbons (Fsp3) is 0.647. The van der Waals surface area contributed by atoms with Crippen molar-refractivity contribution in [3.63, 3.8) is 0 Å². The van der Waals surface area contributed by atoms with Gasteiger partial charge in [-0.15, -0.1) is 0 Å². The number of fused-ring (bicyclic) bond motifs is 1. The van der Waals surface area contributed by atoms with Crippen LogP contribution in [0.3, 0.4) is 0 Å². The van der Waals surface area contributed by atoms with Crippen molar-refractivity contribution in [2.75, 3.05) is 26.2 Å². The summed E-state index contributed by atoms with van der Waals surface area (Å²) in [7, 11) is 0. The first-order valence-corrected chi connectivity index (χ1v) is 7.67. The molecule has 0 amide bonds. The molecule has 1 aliphatic rings. The minimum Gasteiger partial charge on any atom is -0.316 e. The molecule has 1 atom stereocenters. The molecule has 1 aliphatic heterocycles. The molecule has 19 heavy (non-hydrogen) atoms. The van der Waals surface area contributed by atoms with Crippen LogP contribution < -0.4 is 5.32 Å². The summed E-state index contributed by atoms with van der Waals surface area (Å²) < 4.78 is 0. The number of hydrogen-bond donors (Lipinski definition) is 1. The van der Waals surface area contributed by atoms with E-state index in [9.17, 15) is 0 Å². The highest BCUT2D eigenvalue weighted by molar-refractivity contribution is 5.29. The van der Waals surface area contributed by atoms with Crippen molar-refractivity contribution in [2.24, 2.45) is 5.41 Å². The van der Waals surface area contributed by atoms with Crippen molar-refractivity contribution in [3.05, 3.63) is 35.4 Å². The Kier molecular flexibility index (Phi) is 5.00. The van der Waals surface area contributed by atoms with Gasteiger partial charge >= 0.3 is 0 Å². The lowest BCUT2D eigenvalue weighted by Crippen LogP contribution is -2.43. The molecule has 0 aliphatic carbocycles. The molecule has 0 aromatic heterocycles. The molecule has 2 nitrogen and oxygen atoms in total. The van der Waals surface area contributed by atoms with Gasteiger partial charge in [0.05, 0.1) is 0 Å². The Hall–Kier alpha value is -0.860. The summed E-state index contributed by atoms with van der Waals surface area (Å²) in [5.74, 6) is 0. The molecule has 1 unspecified atom stereocenters. The summed E-state index contributed by atoms with van der Waals surface area (Å²) in [5.41, 5.74) is 3.46. The van der Waals surface area contributed by atoms with Crippen LogP contribution in [0.25, 0.3) is 0 Å². The van der Waals surface area contributed by atoms with Crippen LogP contribution in [0.15, 0.2) is 24.3 Å². The lowest BCUT2D eigenvalue weighted by Gasteiger charge is -2.37. The predicted octanol–water partition coefficient (Wildman–Crippen LogP) is 3.07. The molecule has 1 aromatic carbocycles. The maximum atomic E-state index is 3.52. The molecule has 0 spiro atoms. The van der Waals surface area contributed by atoms with Crippen LogP contribution in [-0.4, -0.2) is 31.1 Å². The van der Waals surface area contributed by atoms with Crippen LogP contribution in [0.2, 0.25) is 0 Å². The van der Waals surface area contributed by atoms with Gasteiger partial charge in [-0.25, -0.2) is 0 Å². The zero-order chi connectivity index (χ0) is 13.7. The first-order chi connectivity index (χ1) is 9.17. The van der Waals surface area contributed by atoms with Crippen LogP contribution in [0.1, 0.15) is 38.3 Å². The van der Waals surface area contributed by atoms with Gasteiger partial charge in [-0.05, 0) is 35.9 Å². The first kappa shape index (κ1) is 14.5. The van der Waals surface area contributed by atoms with E-state index >= 15 is 0 Å². The normalized spacial score (nSPS) is 18.9. The Morgan fingerprint density at radius 1 is 1.21 bits per heavy atom. The summed E-state index contributed by atoms with van der Waals surface area (Å²) in [6.45, 7) is 12.6. The summed E-state index contributed by atoms with van der Waals surface area (Å²) in [4.78, 5) is 2.63. The maximum absolute atomic E-state index is 3.52. The molecular formula is C17H28N2. The van der Waals surface area contributed by atoms with E-state index in [-0.39, 0.29) is 0 Å². The third-order valence-corrected chi connectivity index (χ3v) is 4.47. The van der Waals surface area contributed by atoms with Gasteiger partial charge in [0.2, 0.25) is 0 Å². The van der Waals surface area contributed by atoms with Crippen molar-refractivity contribution in [1.82, 2.24) is 10.2 Å². The molecule has 1 heterocycles. The summed E-state index contributed by atoms with van der Waals surface area (Å²) >= 11 is 0. The van der Waals surface area contributed by atoms with Gasteiger partial charge in [-0.2, -0.15) is 0 Å². The highest BCUT2D eigenvalue weighted by atomic mass is 15.1. The van der Waals surface area contributed by atoms with Gasteiger partial charge < -0.3 is 5.32 Å². The number of nitrogens with one attached hydrogen (secondary N) is 1. The van der Waals surface area contributed by atoms with E-state index in [1.54, 1.807) is 5.56 Å². The van der Waals surface area contributed by atoms with Gasteiger partial charge in [0.1, 0.15) is 0 Å². The summed E-state index contributed by atoms with van der Waals surface area (Å²) in [6.07, 6.45) is 2.44. The molecule has 0 saturated carbocycles. The van der Waals surface area contributed by atoms with Crippen LogP contribution >= 0.6 is 0 Å². The van der Waals surface area contributed by atoms with E-state index in [0.29, 0.717) is 5.41 Å². The fourth-order valence-corrected chi connectivity index (χ4v) is 2.95. The molecule has 0 radical (unpaired) electrons. The highest BCUT2D eigenvalue weighted by Crippen LogP contribution is 2.26. The Balaban J connectivity index is 1.97. The van der Waals surface area contributed by atoms with Gasteiger partial charge in [-0.1, -0.05) is 45.0 Å². The minimum atomic E-state index is 0.391. The number of rotatable bonds is 6. The lowest BCUT2D eigenvalue weighted by atomic mass is 9.85. The van der Waals surface area contributed by atoms with E-state index in [1.165, 1.54) is 31.5 Å². The second-order valence-corrected chi connectivity index (χ2v) is 6.17. The Bertz CT molecular complexity index is 402. The second kappa shape index (κ2) is 6.53. The Morgan fingerprint density at radius 3 is 2.63 bits per heavy atom. The largest absolute Gasteiger partial charge is 0.316 e. The van der Waals surface area contributed by atoms with Crippen LogP contribution in [0.5, 0.6) is 0 Å². The third kappa shape index (κ3) is 3.80. The average molecular weight is 260 g/mol. The first-order valence-electron chi connectivity index (χ1n) is 7.67. The van der Waals surface area contributed by atoms with E-state index in [2.05, 4.69) is 55.3 Å². The zero-order valence-corrected chi connectivity index (χ0v) is 12.7.